The Morgan fingerprint density at radius 3 is 1.48 bits per heavy atom. The van der Waals surface area contributed by atoms with Gasteiger partial charge in [0, 0.05) is 153 Å². The van der Waals surface area contributed by atoms with Crippen LogP contribution in [0.15, 0.2) is 48.5 Å². The highest BCUT2D eigenvalue weighted by Gasteiger charge is 2.35. The van der Waals surface area contributed by atoms with Gasteiger partial charge >= 0.3 is 35.8 Å². The Morgan fingerprint density at radius 1 is 0.593 bits per heavy atom. The molecule has 81 heavy (non-hydrogen) atoms. The minimum absolute atomic E-state index is 0.0863. The van der Waals surface area contributed by atoms with Crippen LogP contribution in [0.5, 0.6) is 0 Å². The summed E-state index contributed by atoms with van der Waals surface area (Å²) in [5.41, 5.74) is 3.54. The van der Waals surface area contributed by atoms with Crippen LogP contribution in [0.2, 0.25) is 0 Å². The van der Waals surface area contributed by atoms with Gasteiger partial charge < -0.3 is 46.6 Å². The van der Waals surface area contributed by atoms with Gasteiger partial charge in [0.15, 0.2) is 0 Å². The number of carboxylic acid groups (broad SMARTS) is 6. The molecule has 0 radical (unpaired) electrons. The maximum Gasteiger partial charge on any atom is 0.317 e. The smallest absolute Gasteiger partial charge is 0.317 e. The van der Waals surface area contributed by atoms with Crippen LogP contribution in [-0.4, -0.2) is 279 Å². The largest absolute Gasteiger partial charge is 0.480 e. The van der Waals surface area contributed by atoms with Crippen LogP contribution in [-0.2, 0) is 56.1 Å². The first kappa shape index (κ1) is 66.9. The average molecular weight is 1140 g/mol. The minimum atomic E-state index is -1.00. The van der Waals surface area contributed by atoms with Gasteiger partial charge in [-0.15, -0.1) is 0 Å². The molecule has 3 saturated heterocycles. The van der Waals surface area contributed by atoms with E-state index < -0.39 is 35.8 Å². The molecule has 26 nitrogen and oxygen atoms in total. The number of rotatable bonds is 30. The normalized spacial score (nSPS) is 18.5. The molecule has 26 heteroatoms. The highest BCUT2D eigenvalue weighted by atomic mass is 16.4. The number of anilines is 2. The van der Waals surface area contributed by atoms with Crippen molar-refractivity contribution in [1.29, 1.82) is 0 Å². The quantitative estimate of drug-likeness (QED) is 0.0477. The van der Waals surface area contributed by atoms with Crippen molar-refractivity contribution in [1.82, 2.24) is 44.5 Å². The molecule has 0 bridgehead atoms. The molecule has 450 valence electrons. The Kier molecular flexibility index (Phi) is 29.1. The van der Waals surface area contributed by atoms with Gasteiger partial charge in [-0.05, 0) is 61.6 Å². The molecule has 0 saturated carbocycles. The number of hydrogen-bond acceptors (Lipinski definition) is 18. The predicted molar refractivity (Wildman–Crippen MR) is 300 cm³/mol. The number of nitrogens with one attached hydrogen (secondary N) is 3. The van der Waals surface area contributed by atoms with Crippen molar-refractivity contribution in [2.45, 2.75) is 71.5 Å². The van der Waals surface area contributed by atoms with Crippen molar-refractivity contribution in [3.8, 4) is 0 Å². The van der Waals surface area contributed by atoms with Gasteiger partial charge in [-0.3, -0.25) is 82.4 Å². The molecule has 3 amide bonds. The molecule has 3 unspecified atom stereocenters. The second-order valence-electron chi connectivity index (χ2n) is 21.1. The first-order valence-electron chi connectivity index (χ1n) is 27.7. The summed E-state index contributed by atoms with van der Waals surface area (Å²) >= 11 is 0. The molecule has 2 aromatic rings. The molecular formula is C55H85N11O15. The predicted octanol–water partition coefficient (Wildman–Crippen LogP) is 0.347. The molecule has 3 heterocycles. The summed E-state index contributed by atoms with van der Waals surface area (Å²) < 4.78 is 0. The van der Waals surface area contributed by atoms with E-state index in [1.54, 1.807) is 28.9 Å². The zero-order chi connectivity index (χ0) is 59.4. The lowest BCUT2D eigenvalue weighted by atomic mass is 10.0. The number of carbonyl (C=O) groups excluding carboxylic acids is 3. The van der Waals surface area contributed by atoms with Gasteiger partial charge in [-0.25, -0.2) is 0 Å². The molecule has 3 aliphatic rings. The van der Waals surface area contributed by atoms with E-state index in [1.807, 2.05) is 51.1 Å². The van der Waals surface area contributed by atoms with Crippen molar-refractivity contribution >= 4 is 64.9 Å². The summed E-state index contributed by atoms with van der Waals surface area (Å²) in [5.74, 6) is -6.61. The number of carbonyl (C=O) groups is 9. The minimum Gasteiger partial charge on any atom is -0.480 e. The monoisotopic (exact) mass is 1140 g/mol. The van der Waals surface area contributed by atoms with E-state index in [9.17, 15) is 73.8 Å². The van der Waals surface area contributed by atoms with Crippen molar-refractivity contribution in [3.05, 3.63) is 59.7 Å². The molecule has 0 spiro atoms. The summed E-state index contributed by atoms with van der Waals surface area (Å²) in [4.78, 5) is 119. The van der Waals surface area contributed by atoms with Gasteiger partial charge in [0.05, 0.1) is 39.3 Å². The van der Waals surface area contributed by atoms with Crippen LogP contribution in [0.1, 0.15) is 57.6 Å². The van der Waals surface area contributed by atoms with Crippen LogP contribution < -0.4 is 16.0 Å². The van der Waals surface area contributed by atoms with Gasteiger partial charge in [-0.2, -0.15) is 0 Å². The summed E-state index contributed by atoms with van der Waals surface area (Å²) in [6.07, 6.45) is 2.22. The molecular weight excluding hydrogens is 1050 g/mol. The Morgan fingerprint density at radius 2 is 1.05 bits per heavy atom. The second-order valence-corrected chi connectivity index (χ2v) is 21.1. The third-order valence-corrected chi connectivity index (χ3v) is 14.3. The van der Waals surface area contributed by atoms with E-state index in [2.05, 4.69) is 39.6 Å². The summed E-state index contributed by atoms with van der Waals surface area (Å²) in [7, 11) is 0. The van der Waals surface area contributed by atoms with E-state index in [0.29, 0.717) is 129 Å². The third-order valence-electron chi connectivity index (χ3n) is 14.3. The first-order valence-corrected chi connectivity index (χ1v) is 27.7. The lowest BCUT2D eigenvalue weighted by Crippen LogP contribution is -2.47. The lowest BCUT2D eigenvalue weighted by Gasteiger charge is -2.29. The number of likely N-dealkylation sites (tertiary alicyclic amines) is 1. The number of aliphatic carboxylic acids is 6. The molecule has 0 aliphatic carbocycles. The van der Waals surface area contributed by atoms with E-state index in [4.69, 9.17) is 0 Å². The van der Waals surface area contributed by atoms with Crippen molar-refractivity contribution < 1.29 is 73.8 Å². The number of nitrogens with zero attached hydrogens (tertiary/aromatic N) is 8. The SMILES string of the molecule is CC1CC(=O)N(CCCC(=O)Nc2ccc(CC(CN3CCN(CC(=O)O)CCN(CC(=O)O)CC3)NCC(=O)O)cc2)C1=O.CCC(C)Nc1ccc(CN(CCN2CCN(CC(=O)O)CCN(CC(=O)O)CC2)CC(=O)O)cc1. The van der Waals surface area contributed by atoms with Crippen LogP contribution in [0.25, 0.3) is 0 Å². The second kappa shape index (κ2) is 35.3. The van der Waals surface area contributed by atoms with Gasteiger partial charge in [0.25, 0.3) is 0 Å². The van der Waals surface area contributed by atoms with E-state index in [-0.39, 0.29) is 88.3 Å². The number of benzene rings is 2. The van der Waals surface area contributed by atoms with Gasteiger partial charge in [-0.1, -0.05) is 38.1 Å². The maximum absolute atomic E-state index is 12.4. The molecule has 2 aromatic carbocycles. The van der Waals surface area contributed by atoms with E-state index in [1.165, 1.54) is 4.90 Å². The average Bonchev–Trinajstić information content (AvgIpc) is 3.72. The van der Waals surface area contributed by atoms with Crippen molar-refractivity contribution in [3.63, 3.8) is 0 Å². The zero-order valence-electron chi connectivity index (χ0n) is 47.1. The Bertz CT molecular complexity index is 2310. The van der Waals surface area contributed by atoms with Crippen molar-refractivity contribution in [2.75, 3.05) is 155 Å². The fraction of sp³-hybridized carbons (Fsp3) is 0.618. The highest BCUT2D eigenvalue weighted by molar-refractivity contribution is 6.03. The van der Waals surface area contributed by atoms with Crippen LogP contribution in [0.4, 0.5) is 11.4 Å². The fourth-order valence-corrected chi connectivity index (χ4v) is 9.67. The number of hydrogen-bond donors (Lipinski definition) is 9. The van der Waals surface area contributed by atoms with E-state index in [0.717, 1.165) is 23.2 Å². The van der Waals surface area contributed by atoms with Gasteiger partial charge in [0.2, 0.25) is 17.7 Å². The van der Waals surface area contributed by atoms with Gasteiger partial charge in [0.1, 0.15) is 0 Å². The number of imide groups is 1. The topological polar surface area (TPSA) is 337 Å². The van der Waals surface area contributed by atoms with Crippen molar-refractivity contribution in [2.24, 2.45) is 5.92 Å². The molecule has 5 rings (SSSR count). The standard InChI is InChI=1S/C30H44N6O9.C25H41N5O6/c1-21-15-26(38)36(30(21)45)8-2-3-25(37)32-23-6-4-22(5-7-23)16-24(31-17-27(39)40)18-33-9-11-34(19-28(41)42)13-14-35(12-10-33)20-29(43)44;1-3-20(2)26-22-6-4-21(5-7-22)16-30(19-25(35)36)15-10-27-8-11-28(17-23(31)32)13-14-29(12-9-27)18-24(33)34/h4-7,21,24,31H,2-3,8-20H2,1H3,(H,32,37)(H,39,40)(H,41,42)(H,43,44);4-7,20,26H,3,8-19H2,1-2H3,(H,31,32)(H,33,34)(H,35,36). The highest BCUT2D eigenvalue weighted by Crippen LogP contribution is 2.20. The third kappa shape index (κ3) is 27.1. The Labute approximate surface area is 473 Å². The molecule has 9 N–H and O–H groups in total. The Balaban J connectivity index is 0.000000357. The maximum atomic E-state index is 12.4. The molecule has 3 fully saturated rings. The lowest BCUT2D eigenvalue weighted by molar-refractivity contribution is -0.140. The first-order chi connectivity index (χ1) is 38.5. The fourth-order valence-electron chi connectivity index (χ4n) is 9.67. The van der Waals surface area contributed by atoms with E-state index >= 15 is 0 Å². The Hall–Kier alpha value is -6.65. The number of amides is 3. The zero-order valence-corrected chi connectivity index (χ0v) is 47.1. The van der Waals surface area contributed by atoms with Crippen LogP contribution in [0, 0.1) is 5.92 Å². The van der Waals surface area contributed by atoms with Crippen LogP contribution in [0.3, 0.4) is 0 Å². The molecule has 0 aromatic heterocycles. The number of carboxylic acids is 6. The summed E-state index contributed by atoms with van der Waals surface area (Å²) in [6.45, 7) is 13.6. The summed E-state index contributed by atoms with van der Waals surface area (Å²) in [6, 6.07) is 15.3. The molecule has 3 atom stereocenters. The molecule has 3 aliphatic heterocycles. The van der Waals surface area contributed by atoms with Crippen LogP contribution >= 0.6 is 0 Å². The summed E-state index contributed by atoms with van der Waals surface area (Å²) in [5, 5.41) is 65.1.